The topological polar surface area (TPSA) is 45.7 Å². The zero-order valence-electron chi connectivity index (χ0n) is 16.0. The summed E-state index contributed by atoms with van der Waals surface area (Å²) in [6, 6.07) is 15.9. The maximum atomic E-state index is 13.1. The highest BCUT2D eigenvalue weighted by Crippen LogP contribution is 2.31. The Morgan fingerprint density at radius 1 is 1.21 bits per heavy atom. The number of carbonyl (C=O) groups is 1. The molecule has 1 amide bonds. The van der Waals surface area contributed by atoms with Crippen molar-refractivity contribution < 1.29 is 9.53 Å². The molecule has 0 bridgehead atoms. The number of fused-ring (bicyclic) bond motifs is 1. The summed E-state index contributed by atoms with van der Waals surface area (Å²) in [5.74, 6) is -0.0553. The maximum absolute atomic E-state index is 13.1. The van der Waals surface area contributed by atoms with Crippen molar-refractivity contribution in [3.8, 4) is 0 Å². The first kappa shape index (κ1) is 20.2. The van der Waals surface area contributed by atoms with Gasteiger partial charge in [0.25, 0.3) is 5.91 Å². The smallest absolute Gasteiger partial charge is 0.252 e. The fourth-order valence-electron chi connectivity index (χ4n) is 3.19. The van der Waals surface area contributed by atoms with Crippen molar-refractivity contribution in [3.63, 3.8) is 0 Å². The first-order chi connectivity index (χ1) is 14.2. The summed E-state index contributed by atoms with van der Waals surface area (Å²) in [6.45, 7) is 4.68. The molecular formula is C22H22BrN3O2S. The van der Waals surface area contributed by atoms with Crippen molar-refractivity contribution in [2.24, 2.45) is 0 Å². The van der Waals surface area contributed by atoms with Crippen LogP contribution in [0.3, 0.4) is 0 Å². The fourth-order valence-corrected chi connectivity index (χ4v) is 4.74. The second kappa shape index (κ2) is 9.63. The van der Waals surface area contributed by atoms with Crippen molar-refractivity contribution in [2.45, 2.75) is 0 Å². The third-order valence-corrected chi connectivity index (χ3v) is 6.33. The summed E-state index contributed by atoms with van der Waals surface area (Å²) >= 11 is 5.05. The molecule has 1 aliphatic heterocycles. The number of benzene rings is 2. The molecule has 29 heavy (non-hydrogen) atoms. The van der Waals surface area contributed by atoms with Gasteiger partial charge >= 0.3 is 0 Å². The Morgan fingerprint density at radius 2 is 2.00 bits per heavy atom. The number of rotatable bonds is 6. The second-order valence-electron chi connectivity index (χ2n) is 6.80. The van der Waals surface area contributed by atoms with Crippen molar-refractivity contribution in [2.75, 3.05) is 44.3 Å². The number of halogens is 1. The van der Waals surface area contributed by atoms with Crippen LogP contribution in [0.15, 0.2) is 59.1 Å². The van der Waals surface area contributed by atoms with Crippen LogP contribution in [0, 0.1) is 0 Å². The van der Waals surface area contributed by atoms with E-state index in [1.54, 1.807) is 22.3 Å². The molecule has 2 heterocycles. The molecule has 1 saturated heterocycles. The Labute approximate surface area is 182 Å². The third-order valence-electron chi connectivity index (χ3n) is 4.80. The average molecular weight is 472 g/mol. The molecule has 150 valence electrons. The summed E-state index contributed by atoms with van der Waals surface area (Å²) in [7, 11) is 0. The molecule has 2 aromatic carbocycles. The highest BCUT2D eigenvalue weighted by Gasteiger charge is 2.20. The first-order valence-corrected chi connectivity index (χ1v) is 11.2. The van der Waals surface area contributed by atoms with E-state index in [1.165, 1.54) is 0 Å². The van der Waals surface area contributed by atoms with Gasteiger partial charge in [0.05, 0.1) is 23.4 Å². The van der Waals surface area contributed by atoms with Gasteiger partial charge in [0, 0.05) is 36.7 Å². The molecule has 0 spiro atoms. The van der Waals surface area contributed by atoms with E-state index in [2.05, 4.69) is 20.8 Å². The van der Waals surface area contributed by atoms with E-state index in [0.717, 1.165) is 58.2 Å². The molecule has 0 N–H and O–H groups in total. The summed E-state index contributed by atoms with van der Waals surface area (Å²) < 4.78 is 7.50. The Morgan fingerprint density at radius 3 is 2.79 bits per heavy atom. The lowest BCUT2D eigenvalue weighted by atomic mass is 10.2. The van der Waals surface area contributed by atoms with Crippen LogP contribution in [0.4, 0.5) is 5.13 Å². The number of amides is 1. The number of nitrogens with zero attached hydrogens (tertiary/aromatic N) is 3. The van der Waals surface area contributed by atoms with Gasteiger partial charge in [-0.15, -0.1) is 0 Å². The molecule has 7 heteroatoms. The highest BCUT2D eigenvalue weighted by molar-refractivity contribution is 9.10. The molecule has 4 rings (SSSR count). The van der Waals surface area contributed by atoms with E-state index in [-0.39, 0.29) is 5.91 Å². The molecule has 0 aliphatic carbocycles. The minimum absolute atomic E-state index is 0.0553. The molecule has 5 nitrogen and oxygen atoms in total. The average Bonchev–Trinajstić information content (AvgIpc) is 3.16. The molecule has 3 aromatic rings. The number of hydrogen-bond donors (Lipinski definition) is 0. The van der Waals surface area contributed by atoms with Crippen molar-refractivity contribution in [1.29, 1.82) is 0 Å². The van der Waals surface area contributed by atoms with Crippen LogP contribution < -0.4 is 4.90 Å². The van der Waals surface area contributed by atoms with E-state index in [9.17, 15) is 4.79 Å². The Bertz CT molecular complexity index is 1000. The van der Waals surface area contributed by atoms with Gasteiger partial charge < -0.3 is 4.74 Å². The van der Waals surface area contributed by atoms with E-state index in [0.29, 0.717) is 6.54 Å². The molecule has 1 aliphatic rings. The van der Waals surface area contributed by atoms with Gasteiger partial charge in [-0.1, -0.05) is 57.6 Å². The molecule has 0 unspecified atom stereocenters. The van der Waals surface area contributed by atoms with Crippen LogP contribution in [0.5, 0.6) is 0 Å². The Kier molecular flexibility index (Phi) is 6.71. The monoisotopic (exact) mass is 471 g/mol. The number of thiazole rings is 1. The van der Waals surface area contributed by atoms with Crippen LogP contribution >= 0.6 is 27.3 Å². The number of ether oxygens (including phenoxy) is 1. The fraction of sp³-hybridized carbons (Fsp3) is 0.273. The number of aromatic nitrogens is 1. The minimum atomic E-state index is -0.0553. The SMILES string of the molecule is O=C(/C=C/c1ccccc1)N(CCN1CCOCC1)c1nc2ccc(Br)cc2s1. The minimum Gasteiger partial charge on any atom is -0.379 e. The van der Waals surface area contributed by atoms with Crippen LogP contribution in [0.25, 0.3) is 16.3 Å². The van der Waals surface area contributed by atoms with Gasteiger partial charge in [-0.2, -0.15) is 0 Å². The molecule has 1 aromatic heterocycles. The quantitative estimate of drug-likeness (QED) is 0.498. The highest BCUT2D eigenvalue weighted by atomic mass is 79.9. The van der Waals surface area contributed by atoms with E-state index >= 15 is 0 Å². The van der Waals surface area contributed by atoms with Gasteiger partial charge in [-0.3, -0.25) is 14.6 Å². The molecule has 1 fully saturated rings. The Balaban J connectivity index is 1.56. The predicted octanol–water partition coefficient (Wildman–Crippen LogP) is 4.44. The molecule has 0 saturated carbocycles. The summed E-state index contributed by atoms with van der Waals surface area (Å²) in [5.41, 5.74) is 1.91. The van der Waals surface area contributed by atoms with Crippen molar-refractivity contribution >= 4 is 54.6 Å². The number of carbonyl (C=O) groups excluding carboxylic acids is 1. The molecule has 0 atom stereocenters. The normalized spacial score (nSPS) is 15.2. The van der Waals surface area contributed by atoms with Crippen LogP contribution in [-0.4, -0.2) is 55.2 Å². The van der Waals surface area contributed by atoms with Crippen LogP contribution in [0.2, 0.25) is 0 Å². The van der Waals surface area contributed by atoms with Crippen molar-refractivity contribution in [1.82, 2.24) is 9.88 Å². The largest absolute Gasteiger partial charge is 0.379 e. The number of anilines is 1. The standard InChI is InChI=1S/C22H22BrN3O2S/c23-18-7-8-19-20(16-18)29-22(24-19)26(11-10-25-12-14-28-15-13-25)21(27)9-6-17-4-2-1-3-5-17/h1-9,16H,10-15H2/b9-6+. The molecular weight excluding hydrogens is 450 g/mol. The van der Waals surface area contributed by atoms with Gasteiger partial charge in [0.15, 0.2) is 5.13 Å². The first-order valence-electron chi connectivity index (χ1n) is 9.60. The van der Waals surface area contributed by atoms with Gasteiger partial charge in [0.1, 0.15) is 0 Å². The lowest BCUT2D eigenvalue weighted by Gasteiger charge is -2.28. The van der Waals surface area contributed by atoms with E-state index in [1.807, 2.05) is 54.6 Å². The van der Waals surface area contributed by atoms with Gasteiger partial charge in [-0.25, -0.2) is 4.98 Å². The van der Waals surface area contributed by atoms with Gasteiger partial charge in [-0.05, 0) is 29.8 Å². The summed E-state index contributed by atoms with van der Waals surface area (Å²) in [6.07, 6.45) is 3.49. The third kappa shape index (κ3) is 5.30. The maximum Gasteiger partial charge on any atom is 0.252 e. The van der Waals surface area contributed by atoms with E-state index in [4.69, 9.17) is 9.72 Å². The predicted molar refractivity (Wildman–Crippen MR) is 122 cm³/mol. The van der Waals surface area contributed by atoms with Gasteiger partial charge in [0.2, 0.25) is 0 Å². The lowest BCUT2D eigenvalue weighted by molar-refractivity contribution is -0.114. The van der Waals surface area contributed by atoms with Crippen LogP contribution in [0.1, 0.15) is 5.56 Å². The van der Waals surface area contributed by atoms with Crippen molar-refractivity contribution in [3.05, 3.63) is 64.6 Å². The Hall–Kier alpha value is -2.06. The second-order valence-corrected chi connectivity index (χ2v) is 8.72. The number of hydrogen-bond acceptors (Lipinski definition) is 5. The molecule has 0 radical (unpaired) electrons. The van der Waals surface area contributed by atoms with E-state index < -0.39 is 0 Å². The summed E-state index contributed by atoms with van der Waals surface area (Å²) in [4.78, 5) is 21.9. The zero-order valence-corrected chi connectivity index (χ0v) is 18.4. The van der Waals surface area contributed by atoms with Crippen LogP contribution in [-0.2, 0) is 9.53 Å². The summed E-state index contributed by atoms with van der Waals surface area (Å²) in [5, 5.41) is 0.731. The zero-order chi connectivity index (χ0) is 20.1. The number of morpholine rings is 1. The lowest BCUT2D eigenvalue weighted by Crippen LogP contribution is -2.42.